The molecule has 1 atom stereocenters. The summed E-state index contributed by atoms with van der Waals surface area (Å²) in [5.74, 6) is 1.44. The van der Waals surface area contributed by atoms with Crippen LogP contribution in [0.25, 0.3) is 0 Å². The van der Waals surface area contributed by atoms with E-state index in [1.54, 1.807) is 0 Å². The van der Waals surface area contributed by atoms with Crippen molar-refractivity contribution in [2.75, 3.05) is 24.5 Å². The van der Waals surface area contributed by atoms with E-state index >= 15 is 0 Å². The Morgan fingerprint density at radius 3 is 2.94 bits per heavy atom. The Bertz CT molecular complexity index is 409. The van der Waals surface area contributed by atoms with Gasteiger partial charge in [0.15, 0.2) is 0 Å². The summed E-state index contributed by atoms with van der Waals surface area (Å²) in [6.07, 6.45) is 4.08. The average molecular weight is 230 g/mol. The van der Waals surface area contributed by atoms with Gasteiger partial charge in [-0.3, -0.25) is 0 Å². The summed E-state index contributed by atoms with van der Waals surface area (Å²) in [4.78, 5) is 2.61. The molecular weight excluding hydrogens is 208 g/mol. The molecule has 17 heavy (non-hydrogen) atoms. The predicted octanol–water partition coefficient (Wildman–Crippen LogP) is 2.52. The monoisotopic (exact) mass is 230 g/mol. The van der Waals surface area contributed by atoms with Gasteiger partial charge >= 0.3 is 0 Å². The number of anilines is 1. The van der Waals surface area contributed by atoms with Crippen molar-refractivity contribution in [2.24, 2.45) is 11.7 Å². The quantitative estimate of drug-likeness (QED) is 0.861. The maximum absolute atomic E-state index is 5.84. The molecule has 2 N–H and O–H groups in total. The van der Waals surface area contributed by atoms with E-state index in [4.69, 9.17) is 5.73 Å². The number of benzene rings is 1. The fourth-order valence-electron chi connectivity index (χ4n) is 2.89. The van der Waals surface area contributed by atoms with Gasteiger partial charge in [0.1, 0.15) is 0 Å². The van der Waals surface area contributed by atoms with Crippen LogP contribution in [-0.4, -0.2) is 19.6 Å². The van der Waals surface area contributed by atoms with Crippen molar-refractivity contribution < 1.29 is 0 Å². The van der Waals surface area contributed by atoms with Gasteiger partial charge in [-0.15, -0.1) is 0 Å². The van der Waals surface area contributed by atoms with Gasteiger partial charge < -0.3 is 10.6 Å². The minimum absolute atomic E-state index is 0.477. The fraction of sp³-hybridized carbons (Fsp3) is 0.600. The van der Waals surface area contributed by atoms with E-state index in [-0.39, 0.29) is 0 Å². The second-order valence-electron chi connectivity index (χ2n) is 5.63. The summed E-state index contributed by atoms with van der Waals surface area (Å²) in [5.41, 5.74) is 10.3. The van der Waals surface area contributed by atoms with Crippen molar-refractivity contribution in [3.8, 4) is 0 Å². The third kappa shape index (κ3) is 2.06. The van der Waals surface area contributed by atoms with Gasteiger partial charge in [0.05, 0.1) is 0 Å². The van der Waals surface area contributed by atoms with Crippen molar-refractivity contribution in [2.45, 2.75) is 32.1 Å². The summed E-state index contributed by atoms with van der Waals surface area (Å²) in [5, 5.41) is 0. The maximum atomic E-state index is 5.84. The highest BCUT2D eigenvalue weighted by Gasteiger charge is 2.29. The van der Waals surface area contributed by atoms with Gasteiger partial charge in [-0.05, 0) is 48.8 Å². The molecule has 0 saturated heterocycles. The van der Waals surface area contributed by atoms with Gasteiger partial charge in [-0.2, -0.15) is 0 Å². The number of nitrogens with two attached hydrogens (primary N) is 1. The molecule has 0 radical (unpaired) electrons. The summed E-state index contributed by atoms with van der Waals surface area (Å²) in [6, 6.07) is 6.75. The van der Waals surface area contributed by atoms with Crippen LogP contribution in [0.3, 0.4) is 0 Å². The molecule has 1 heterocycles. The Morgan fingerprint density at radius 2 is 2.24 bits per heavy atom. The molecule has 1 aromatic rings. The van der Waals surface area contributed by atoms with Gasteiger partial charge in [-0.25, -0.2) is 0 Å². The molecule has 1 fully saturated rings. The number of hydrogen-bond acceptors (Lipinski definition) is 2. The second kappa shape index (κ2) is 4.34. The molecule has 1 aromatic carbocycles. The largest absolute Gasteiger partial charge is 0.370 e. The Hall–Kier alpha value is -1.02. The Labute approximate surface area is 104 Å². The van der Waals surface area contributed by atoms with Crippen molar-refractivity contribution >= 4 is 5.69 Å². The maximum Gasteiger partial charge on any atom is 0.0435 e. The zero-order chi connectivity index (χ0) is 11.8. The average Bonchev–Trinajstić information content (AvgIpc) is 3.08. The molecule has 1 unspecified atom stereocenters. The van der Waals surface area contributed by atoms with Crippen LogP contribution in [0.1, 0.15) is 36.8 Å². The van der Waals surface area contributed by atoms with Gasteiger partial charge in [0, 0.05) is 18.8 Å². The van der Waals surface area contributed by atoms with Crippen molar-refractivity contribution in [3.05, 3.63) is 29.3 Å². The normalized spacial score (nSPS) is 20.5. The highest BCUT2D eigenvalue weighted by Crippen LogP contribution is 2.39. The first kappa shape index (κ1) is 11.1. The molecule has 1 aliphatic carbocycles. The van der Waals surface area contributed by atoms with E-state index in [9.17, 15) is 0 Å². The van der Waals surface area contributed by atoms with Gasteiger partial charge in [-0.1, -0.05) is 25.1 Å². The number of fused-ring (bicyclic) bond motifs is 1. The smallest absolute Gasteiger partial charge is 0.0435 e. The van der Waals surface area contributed by atoms with E-state index in [0.29, 0.717) is 5.92 Å². The Kier molecular flexibility index (Phi) is 2.83. The van der Waals surface area contributed by atoms with Crippen molar-refractivity contribution in [1.82, 2.24) is 0 Å². The number of nitrogens with zero attached hydrogens (tertiary/aromatic N) is 1. The lowest BCUT2D eigenvalue weighted by molar-refractivity contribution is 0.729. The van der Waals surface area contributed by atoms with Crippen LogP contribution in [0, 0.1) is 5.92 Å². The van der Waals surface area contributed by atoms with E-state index in [1.165, 1.54) is 49.2 Å². The fourth-order valence-corrected chi connectivity index (χ4v) is 2.89. The molecular formula is C15H22N2. The van der Waals surface area contributed by atoms with Crippen LogP contribution < -0.4 is 10.6 Å². The number of para-hydroxylation sites is 1. The molecule has 1 saturated carbocycles. The lowest BCUT2D eigenvalue weighted by atomic mass is 9.96. The Morgan fingerprint density at radius 1 is 1.41 bits per heavy atom. The summed E-state index contributed by atoms with van der Waals surface area (Å²) >= 11 is 0. The third-order valence-electron chi connectivity index (χ3n) is 4.18. The van der Waals surface area contributed by atoms with Crippen LogP contribution in [0.5, 0.6) is 0 Å². The standard InChI is InChI=1S/C15H22N2/c1-11(9-16)14-4-2-3-13-7-8-17(15(13)14)10-12-5-6-12/h2-4,11-12H,5-10,16H2,1H3. The highest BCUT2D eigenvalue weighted by molar-refractivity contribution is 5.64. The molecule has 3 rings (SSSR count). The zero-order valence-electron chi connectivity index (χ0n) is 10.7. The van der Waals surface area contributed by atoms with Crippen LogP contribution in [0.15, 0.2) is 18.2 Å². The molecule has 0 amide bonds. The minimum atomic E-state index is 0.477. The zero-order valence-corrected chi connectivity index (χ0v) is 10.7. The van der Waals surface area contributed by atoms with Crippen LogP contribution in [0.2, 0.25) is 0 Å². The van der Waals surface area contributed by atoms with E-state index in [0.717, 1.165) is 12.5 Å². The van der Waals surface area contributed by atoms with Crippen molar-refractivity contribution in [3.63, 3.8) is 0 Å². The summed E-state index contributed by atoms with van der Waals surface area (Å²) in [7, 11) is 0. The van der Waals surface area contributed by atoms with Crippen molar-refractivity contribution in [1.29, 1.82) is 0 Å². The minimum Gasteiger partial charge on any atom is -0.370 e. The lowest BCUT2D eigenvalue weighted by Crippen LogP contribution is -2.25. The molecule has 0 bridgehead atoms. The van der Waals surface area contributed by atoms with Gasteiger partial charge in [0.2, 0.25) is 0 Å². The summed E-state index contributed by atoms with van der Waals surface area (Å²) < 4.78 is 0. The van der Waals surface area contributed by atoms with E-state index in [2.05, 4.69) is 30.0 Å². The Balaban J connectivity index is 1.92. The van der Waals surface area contributed by atoms with E-state index < -0.39 is 0 Å². The van der Waals surface area contributed by atoms with Crippen LogP contribution in [0.4, 0.5) is 5.69 Å². The highest BCUT2D eigenvalue weighted by atomic mass is 15.2. The van der Waals surface area contributed by atoms with Crippen LogP contribution in [-0.2, 0) is 6.42 Å². The third-order valence-corrected chi connectivity index (χ3v) is 4.18. The molecule has 0 spiro atoms. The number of hydrogen-bond donors (Lipinski definition) is 1. The first-order chi connectivity index (χ1) is 8.29. The number of rotatable bonds is 4. The first-order valence-corrected chi connectivity index (χ1v) is 6.86. The molecule has 92 valence electrons. The SMILES string of the molecule is CC(CN)c1cccc2c1N(CC1CC1)CC2. The molecule has 2 heteroatoms. The molecule has 2 nitrogen and oxygen atoms in total. The molecule has 2 aliphatic rings. The predicted molar refractivity (Wildman–Crippen MR) is 72.6 cm³/mol. The second-order valence-corrected chi connectivity index (χ2v) is 5.63. The van der Waals surface area contributed by atoms with E-state index in [1.807, 2.05) is 0 Å². The van der Waals surface area contributed by atoms with Gasteiger partial charge in [0.25, 0.3) is 0 Å². The summed E-state index contributed by atoms with van der Waals surface area (Å²) in [6.45, 7) is 5.46. The topological polar surface area (TPSA) is 29.3 Å². The van der Waals surface area contributed by atoms with Crippen LogP contribution >= 0.6 is 0 Å². The molecule has 1 aliphatic heterocycles. The first-order valence-electron chi connectivity index (χ1n) is 6.86. The lowest BCUT2D eigenvalue weighted by Gasteiger charge is -2.24. The molecule has 0 aromatic heterocycles.